The zero-order valence-electron chi connectivity index (χ0n) is 13.5. The first-order valence-corrected chi connectivity index (χ1v) is 7.94. The van der Waals surface area contributed by atoms with Crippen LogP contribution in [0.3, 0.4) is 0 Å². The molecule has 0 aliphatic carbocycles. The highest BCUT2D eigenvalue weighted by molar-refractivity contribution is 6.31. The molecule has 2 aromatic carbocycles. The van der Waals surface area contributed by atoms with Crippen LogP contribution in [0.4, 0.5) is 4.39 Å². The van der Waals surface area contributed by atoms with Crippen molar-refractivity contribution in [3.05, 3.63) is 64.4 Å². The molecule has 0 radical (unpaired) electrons. The van der Waals surface area contributed by atoms with Gasteiger partial charge in [0.1, 0.15) is 18.2 Å². The molecule has 0 unspecified atom stereocenters. The Bertz CT molecular complexity index is 597. The van der Waals surface area contributed by atoms with E-state index in [1.165, 1.54) is 11.6 Å². The lowest BCUT2D eigenvalue weighted by atomic mass is 10.2. The molecule has 1 N–H and O–H groups in total. The maximum Gasteiger partial charge on any atom is 0.131 e. The number of nitrogens with zero attached hydrogens (tertiary/aromatic N) is 1. The molecule has 0 fully saturated rings. The molecule has 0 saturated heterocycles. The Balaban J connectivity index is 1.83. The zero-order valence-corrected chi connectivity index (χ0v) is 14.2. The van der Waals surface area contributed by atoms with Gasteiger partial charge < -0.3 is 15.0 Å². The van der Waals surface area contributed by atoms with Crippen LogP contribution < -0.4 is 10.1 Å². The van der Waals surface area contributed by atoms with Gasteiger partial charge in [-0.1, -0.05) is 29.8 Å². The third kappa shape index (κ3) is 5.82. The van der Waals surface area contributed by atoms with Crippen LogP contribution in [0.5, 0.6) is 5.75 Å². The second kappa shape index (κ2) is 8.87. The van der Waals surface area contributed by atoms with E-state index in [4.69, 9.17) is 16.3 Å². The number of rotatable bonds is 8. The maximum atomic E-state index is 13.7. The van der Waals surface area contributed by atoms with Crippen molar-refractivity contribution in [1.29, 1.82) is 0 Å². The number of ether oxygens (including phenoxy) is 1. The van der Waals surface area contributed by atoms with Crippen LogP contribution >= 0.6 is 11.6 Å². The number of hydrogen-bond donors (Lipinski definition) is 1. The van der Waals surface area contributed by atoms with Gasteiger partial charge in [0, 0.05) is 25.2 Å². The second-order valence-electron chi connectivity index (χ2n) is 5.61. The van der Waals surface area contributed by atoms with Crippen LogP contribution in [0.2, 0.25) is 5.02 Å². The van der Waals surface area contributed by atoms with Crippen LogP contribution in [-0.4, -0.2) is 32.1 Å². The molecule has 23 heavy (non-hydrogen) atoms. The quantitative estimate of drug-likeness (QED) is 0.744. The molecule has 0 atom stereocenters. The molecule has 2 rings (SSSR count). The Labute approximate surface area is 142 Å². The first-order valence-electron chi connectivity index (χ1n) is 7.56. The summed E-state index contributed by atoms with van der Waals surface area (Å²) in [5.41, 5.74) is 1.56. The Morgan fingerprint density at radius 3 is 2.52 bits per heavy atom. The minimum Gasteiger partial charge on any atom is -0.489 e. The number of nitrogens with one attached hydrogen (secondary N) is 1. The van der Waals surface area contributed by atoms with Gasteiger partial charge in [-0.25, -0.2) is 4.39 Å². The molecule has 0 amide bonds. The molecule has 0 bridgehead atoms. The standard InChI is InChI=1S/C18H22ClFN2O/c1-22(2)11-10-21-12-14-6-8-15(9-7-14)23-13-16-17(19)4-3-5-18(16)20/h3-9,21H,10-13H2,1-2H3. The predicted molar refractivity (Wildman–Crippen MR) is 92.4 cm³/mol. The fraction of sp³-hybridized carbons (Fsp3) is 0.333. The summed E-state index contributed by atoms with van der Waals surface area (Å²) >= 11 is 5.98. The molecule has 0 spiro atoms. The summed E-state index contributed by atoms with van der Waals surface area (Å²) in [5.74, 6) is 0.348. The van der Waals surface area contributed by atoms with Crippen LogP contribution in [0, 0.1) is 5.82 Å². The predicted octanol–water partition coefficient (Wildman–Crippen LogP) is 3.71. The monoisotopic (exact) mass is 336 g/mol. The smallest absolute Gasteiger partial charge is 0.131 e. The van der Waals surface area contributed by atoms with E-state index in [2.05, 4.69) is 24.3 Å². The summed E-state index contributed by atoms with van der Waals surface area (Å²) in [6, 6.07) is 12.4. The largest absolute Gasteiger partial charge is 0.489 e. The molecule has 0 aliphatic rings. The van der Waals surface area contributed by atoms with Gasteiger partial charge in [0.15, 0.2) is 0 Å². The molecule has 0 saturated carbocycles. The minimum absolute atomic E-state index is 0.117. The van der Waals surface area contributed by atoms with E-state index in [1.807, 2.05) is 24.3 Å². The van der Waals surface area contributed by atoms with Crippen molar-refractivity contribution in [1.82, 2.24) is 10.2 Å². The summed E-state index contributed by atoms with van der Waals surface area (Å²) < 4.78 is 19.3. The normalized spacial score (nSPS) is 11.0. The van der Waals surface area contributed by atoms with E-state index in [9.17, 15) is 4.39 Å². The Morgan fingerprint density at radius 2 is 1.87 bits per heavy atom. The van der Waals surface area contributed by atoms with E-state index in [0.29, 0.717) is 16.3 Å². The molecular weight excluding hydrogens is 315 g/mol. The summed E-state index contributed by atoms with van der Waals surface area (Å²) in [6.45, 7) is 2.88. The summed E-state index contributed by atoms with van der Waals surface area (Å²) in [5, 5.41) is 3.76. The van der Waals surface area contributed by atoms with Crippen molar-refractivity contribution < 1.29 is 9.13 Å². The van der Waals surface area contributed by atoms with Crippen molar-refractivity contribution in [2.24, 2.45) is 0 Å². The second-order valence-corrected chi connectivity index (χ2v) is 6.02. The highest BCUT2D eigenvalue weighted by Gasteiger charge is 2.07. The molecule has 2 aromatic rings. The lowest BCUT2D eigenvalue weighted by Gasteiger charge is -2.11. The first kappa shape index (κ1) is 17.7. The van der Waals surface area contributed by atoms with Gasteiger partial charge in [-0.15, -0.1) is 0 Å². The van der Waals surface area contributed by atoms with Crippen LogP contribution in [0.25, 0.3) is 0 Å². The highest BCUT2D eigenvalue weighted by Crippen LogP contribution is 2.21. The summed E-state index contributed by atoms with van der Waals surface area (Å²) in [4.78, 5) is 2.14. The topological polar surface area (TPSA) is 24.5 Å². The Kier molecular flexibility index (Phi) is 6.84. The Morgan fingerprint density at radius 1 is 1.13 bits per heavy atom. The Hall–Kier alpha value is -1.62. The number of likely N-dealkylation sites (N-methyl/N-ethyl adjacent to an activating group) is 1. The van der Waals surface area contributed by atoms with E-state index < -0.39 is 0 Å². The first-order chi connectivity index (χ1) is 11.1. The van der Waals surface area contributed by atoms with Gasteiger partial charge in [0.25, 0.3) is 0 Å². The lowest BCUT2D eigenvalue weighted by Crippen LogP contribution is -2.26. The molecule has 3 nitrogen and oxygen atoms in total. The van der Waals surface area contributed by atoms with Gasteiger partial charge in [-0.05, 0) is 43.9 Å². The summed E-state index contributed by atoms with van der Waals surface area (Å²) in [6.07, 6.45) is 0. The van der Waals surface area contributed by atoms with Crippen LogP contribution in [-0.2, 0) is 13.2 Å². The average Bonchev–Trinajstić information content (AvgIpc) is 2.52. The van der Waals surface area contributed by atoms with Crippen LogP contribution in [0.1, 0.15) is 11.1 Å². The van der Waals surface area contributed by atoms with Crippen molar-refractivity contribution in [3.63, 3.8) is 0 Å². The lowest BCUT2D eigenvalue weighted by molar-refractivity contribution is 0.300. The van der Waals surface area contributed by atoms with Crippen molar-refractivity contribution in [3.8, 4) is 5.75 Å². The highest BCUT2D eigenvalue weighted by atomic mass is 35.5. The third-order valence-corrected chi connectivity index (χ3v) is 3.79. The zero-order chi connectivity index (χ0) is 16.7. The molecule has 5 heteroatoms. The van der Waals surface area contributed by atoms with E-state index in [1.54, 1.807) is 12.1 Å². The van der Waals surface area contributed by atoms with Gasteiger partial charge in [0.05, 0.1) is 5.02 Å². The van der Waals surface area contributed by atoms with E-state index in [0.717, 1.165) is 19.6 Å². The van der Waals surface area contributed by atoms with Gasteiger partial charge >= 0.3 is 0 Å². The molecule has 0 aromatic heterocycles. The maximum absolute atomic E-state index is 13.7. The molecule has 0 heterocycles. The van der Waals surface area contributed by atoms with Gasteiger partial charge in [-0.2, -0.15) is 0 Å². The average molecular weight is 337 g/mol. The number of benzene rings is 2. The molecule has 0 aliphatic heterocycles. The van der Waals surface area contributed by atoms with Crippen molar-refractivity contribution >= 4 is 11.6 Å². The van der Waals surface area contributed by atoms with Crippen LogP contribution in [0.15, 0.2) is 42.5 Å². The van der Waals surface area contributed by atoms with Gasteiger partial charge in [-0.3, -0.25) is 0 Å². The molecule has 124 valence electrons. The fourth-order valence-corrected chi connectivity index (χ4v) is 2.28. The van der Waals surface area contributed by atoms with E-state index in [-0.39, 0.29) is 12.4 Å². The fourth-order valence-electron chi connectivity index (χ4n) is 2.06. The minimum atomic E-state index is -0.348. The van der Waals surface area contributed by atoms with Crippen molar-refractivity contribution in [2.45, 2.75) is 13.2 Å². The third-order valence-electron chi connectivity index (χ3n) is 3.43. The molecular formula is C18H22ClFN2O. The van der Waals surface area contributed by atoms with Crippen molar-refractivity contribution in [2.75, 3.05) is 27.2 Å². The SMILES string of the molecule is CN(C)CCNCc1ccc(OCc2c(F)cccc2Cl)cc1. The van der Waals surface area contributed by atoms with Gasteiger partial charge in [0.2, 0.25) is 0 Å². The number of halogens is 2. The summed E-state index contributed by atoms with van der Waals surface area (Å²) in [7, 11) is 4.10. The number of hydrogen-bond acceptors (Lipinski definition) is 3. The van der Waals surface area contributed by atoms with E-state index >= 15 is 0 Å².